The van der Waals surface area contributed by atoms with Gasteiger partial charge in [0.25, 0.3) is 0 Å². The predicted molar refractivity (Wildman–Crippen MR) is 88.7 cm³/mol. The molecule has 22 heavy (non-hydrogen) atoms. The minimum atomic E-state index is -0.258. The zero-order valence-corrected chi connectivity index (χ0v) is 14.4. The maximum Gasteiger partial charge on any atom is 0.244 e. The molecule has 118 valence electrons. The molecule has 0 saturated heterocycles. The highest BCUT2D eigenvalue weighted by Gasteiger charge is 2.12. The SMILES string of the molecule is CCOc1c(Br)cc(Cl)cc1NCC(=O)Nc1cc(C)on1. The Labute approximate surface area is 141 Å². The highest BCUT2D eigenvalue weighted by molar-refractivity contribution is 9.10. The number of amides is 1. The summed E-state index contributed by atoms with van der Waals surface area (Å²) in [6.07, 6.45) is 0. The molecular formula is C14H15BrClN3O3. The first kappa shape index (κ1) is 16.6. The number of nitrogens with zero attached hydrogens (tertiary/aromatic N) is 1. The van der Waals surface area contributed by atoms with Crippen molar-refractivity contribution in [3.63, 3.8) is 0 Å². The lowest BCUT2D eigenvalue weighted by Gasteiger charge is -2.14. The zero-order chi connectivity index (χ0) is 16.1. The summed E-state index contributed by atoms with van der Waals surface area (Å²) in [4.78, 5) is 11.9. The van der Waals surface area contributed by atoms with Gasteiger partial charge in [-0.3, -0.25) is 4.79 Å². The maximum atomic E-state index is 11.9. The molecule has 2 aromatic rings. The molecule has 6 nitrogen and oxygen atoms in total. The number of anilines is 2. The fourth-order valence-electron chi connectivity index (χ4n) is 1.77. The number of hydrogen-bond donors (Lipinski definition) is 2. The van der Waals surface area contributed by atoms with Crippen LogP contribution in [-0.2, 0) is 4.79 Å². The number of benzene rings is 1. The summed E-state index contributed by atoms with van der Waals surface area (Å²) in [5, 5.41) is 9.85. The Morgan fingerprint density at radius 3 is 2.86 bits per heavy atom. The quantitative estimate of drug-likeness (QED) is 0.786. The van der Waals surface area contributed by atoms with Crippen LogP contribution < -0.4 is 15.4 Å². The van der Waals surface area contributed by atoms with Crippen molar-refractivity contribution in [3.05, 3.63) is 33.5 Å². The van der Waals surface area contributed by atoms with E-state index in [1.165, 1.54) is 0 Å². The average molecular weight is 389 g/mol. The van der Waals surface area contributed by atoms with Crippen LogP contribution in [0, 0.1) is 6.92 Å². The standard InChI is InChI=1S/C14H15BrClN3O3/c1-3-21-14-10(15)5-9(16)6-11(14)17-7-13(20)18-12-4-8(2)22-19-12/h4-6,17H,3,7H2,1-2H3,(H,18,19,20). The molecule has 8 heteroatoms. The molecule has 0 bridgehead atoms. The lowest BCUT2D eigenvalue weighted by Crippen LogP contribution is -2.22. The van der Waals surface area contributed by atoms with Gasteiger partial charge in [-0.2, -0.15) is 0 Å². The molecule has 0 aliphatic carbocycles. The molecule has 0 atom stereocenters. The maximum absolute atomic E-state index is 11.9. The van der Waals surface area contributed by atoms with Crippen LogP contribution >= 0.6 is 27.5 Å². The van der Waals surface area contributed by atoms with Crippen molar-refractivity contribution in [2.75, 3.05) is 23.8 Å². The number of aromatic nitrogens is 1. The molecule has 0 aliphatic rings. The molecule has 1 aromatic heterocycles. The number of halogens is 2. The third kappa shape index (κ3) is 4.38. The van der Waals surface area contributed by atoms with E-state index in [-0.39, 0.29) is 12.5 Å². The third-order valence-electron chi connectivity index (χ3n) is 2.63. The molecule has 0 aliphatic heterocycles. The van der Waals surface area contributed by atoms with Gasteiger partial charge < -0.3 is 19.9 Å². The van der Waals surface area contributed by atoms with E-state index in [1.54, 1.807) is 25.1 Å². The highest BCUT2D eigenvalue weighted by atomic mass is 79.9. The van der Waals surface area contributed by atoms with Crippen molar-refractivity contribution in [2.45, 2.75) is 13.8 Å². The smallest absolute Gasteiger partial charge is 0.244 e. The molecule has 1 amide bonds. The van der Waals surface area contributed by atoms with E-state index in [0.29, 0.717) is 34.6 Å². The van der Waals surface area contributed by atoms with Crippen LogP contribution in [0.3, 0.4) is 0 Å². The van der Waals surface area contributed by atoms with E-state index in [2.05, 4.69) is 31.7 Å². The molecule has 0 spiro atoms. The summed E-state index contributed by atoms with van der Waals surface area (Å²) >= 11 is 9.41. The summed E-state index contributed by atoms with van der Waals surface area (Å²) in [7, 11) is 0. The van der Waals surface area contributed by atoms with Crippen LogP contribution in [0.4, 0.5) is 11.5 Å². The molecule has 0 saturated carbocycles. The number of ether oxygens (including phenoxy) is 1. The lowest BCUT2D eigenvalue weighted by molar-refractivity contribution is -0.114. The van der Waals surface area contributed by atoms with Gasteiger partial charge in [-0.1, -0.05) is 16.8 Å². The van der Waals surface area contributed by atoms with Gasteiger partial charge >= 0.3 is 0 Å². The molecule has 2 rings (SSSR count). The van der Waals surface area contributed by atoms with Crippen molar-refractivity contribution in [1.82, 2.24) is 5.16 Å². The van der Waals surface area contributed by atoms with Gasteiger partial charge in [0, 0.05) is 11.1 Å². The van der Waals surface area contributed by atoms with E-state index < -0.39 is 0 Å². The second kappa shape index (κ2) is 7.51. The van der Waals surface area contributed by atoms with Crippen LogP contribution in [0.2, 0.25) is 5.02 Å². The summed E-state index contributed by atoms with van der Waals surface area (Å²) < 4.78 is 11.2. The number of rotatable bonds is 6. The summed E-state index contributed by atoms with van der Waals surface area (Å²) in [6.45, 7) is 4.17. The molecule has 2 N–H and O–H groups in total. The fourth-order valence-corrected chi connectivity index (χ4v) is 2.70. The van der Waals surface area contributed by atoms with Crippen LogP contribution in [0.15, 0.2) is 27.2 Å². The Hall–Kier alpha value is -1.73. The van der Waals surface area contributed by atoms with Gasteiger partial charge in [0.2, 0.25) is 5.91 Å². The second-order valence-corrected chi connectivity index (χ2v) is 5.71. The molecule has 1 aromatic carbocycles. The number of carbonyl (C=O) groups excluding carboxylic acids is 1. The zero-order valence-electron chi connectivity index (χ0n) is 12.1. The number of aryl methyl sites for hydroxylation is 1. The summed E-state index contributed by atoms with van der Waals surface area (Å²) in [5.74, 6) is 1.35. The van der Waals surface area contributed by atoms with Crippen molar-refractivity contribution in [1.29, 1.82) is 0 Å². The normalized spacial score (nSPS) is 10.4. The summed E-state index contributed by atoms with van der Waals surface area (Å²) in [5.41, 5.74) is 0.632. The van der Waals surface area contributed by atoms with Crippen LogP contribution in [-0.4, -0.2) is 24.2 Å². The van der Waals surface area contributed by atoms with Crippen molar-refractivity contribution in [2.24, 2.45) is 0 Å². The monoisotopic (exact) mass is 387 g/mol. The van der Waals surface area contributed by atoms with E-state index in [0.717, 1.165) is 4.47 Å². The lowest BCUT2D eigenvalue weighted by atomic mass is 10.3. The van der Waals surface area contributed by atoms with Gasteiger partial charge in [0.1, 0.15) is 5.76 Å². The molecule has 1 heterocycles. The van der Waals surface area contributed by atoms with E-state index >= 15 is 0 Å². The van der Waals surface area contributed by atoms with Crippen molar-refractivity contribution < 1.29 is 14.1 Å². The Kier molecular flexibility index (Phi) is 5.68. The van der Waals surface area contributed by atoms with Gasteiger partial charge in [-0.15, -0.1) is 0 Å². The minimum absolute atomic E-state index is 0.0404. The number of carbonyl (C=O) groups is 1. The van der Waals surface area contributed by atoms with Gasteiger partial charge in [-0.05, 0) is 41.9 Å². The first-order chi connectivity index (χ1) is 10.5. The summed E-state index contributed by atoms with van der Waals surface area (Å²) in [6, 6.07) is 5.07. The highest BCUT2D eigenvalue weighted by Crippen LogP contribution is 2.36. The first-order valence-corrected chi connectivity index (χ1v) is 7.75. The number of hydrogen-bond acceptors (Lipinski definition) is 5. The van der Waals surface area contributed by atoms with Crippen molar-refractivity contribution in [3.8, 4) is 5.75 Å². The topological polar surface area (TPSA) is 76.4 Å². The largest absolute Gasteiger partial charge is 0.491 e. The van der Waals surface area contributed by atoms with Gasteiger partial charge in [0.15, 0.2) is 11.6 Å². The Morgan fingerprint density at radius 1 is 1.45 bits per heavy atom. The molecule has 0 fully saturated rings. The Bertz CT molecular complexity index is 675. The van der Waals surface area contributed by atoms with E-state index in [4.69, 9.17) is 20.9 Å². The third-order valence-corrected chi connectivity index (χ3v) is 3.44. The predicted octanol–water partition coefficient (Wildman–Crippen LogP) is 3.85. The van der Waals surface area contributed by atoms with Gasteiger partial charge in [0.05, 0.1) is 23.3 Å². The van der Waals surface area contributed by atoms with Crippen molar-refractivity contribution >= 4 is 44.9 Å². The fraction of sp³-hybridized carbons (Fsp3) is 0.286. The van der Waals surface area contributed by atoms with Crippen LogP contribution in [0.25, 0.3) is 0 Å². The Balaban J connectivity index is 2.02. The molecular weight excluding hydrogens is 374 g/mol. The average Bonchev–Trinajstić information content (AvgIpc) is 2.85. The second-order valence-electron chi connectivity index (χ2n) is 4.42. The van der Waals surface area contributed by atoms with Crippen LogP contribution in [0.5, 0.6) is 5.75 Å². The molecule has 0 radical (unpaired) electrons. The van der Waals surface area contributed by atoms with E-state index in [9.17, 15) is 4.79 Å². The van der Waals surface area contributed by atoms with Crippen LogP contribution in [0.1, 0.15) is 12.7 Å². The van der Waals surface area contributed by atoms with E-state index in [1.807, 2.05) is 6.92 Å². The minimum Gasteiger partial charge on any atom is -0.491 e. The number of nitrogens with one attached hydrogen (secondary N) is 2. The molecule has 0 unspecified atom stereocenters. The van der Waals surface area contributed by atoms with Gasteiger partial charge in [-0.25, -0.2) is 0 Å². The first-order valence-electron chi connectivity index (χ1n) is 6.58. The Morgan fingerprint density at radius 2 is 2.23 bits per heavy atom.